The number of halogens is 1. The van der Waals surface area contributed by atoms with E-state index in [0.29, 0.717) is 23.2 Å². The number of nitrogens with one attached hydrogen (secondary N) is 1. The van der Waals surface area contributed by atoms with Crippen LogP contribution >= 0.6 is 11.6 Å². The summed E-state index contributed by atoms with van der Waals surface area (Å²) in [6.45, 7) is 0.542. The molecule has 2 aliphatic rings. The summed E-state index contributed by atoms with van der Waals surface area (Å²) in [5.74, 6) is 1.53. The average molecular weight is 252 g/mol. The average Bonchev–Trinajstić information content (AvgIpc) is 3.16. The van der Waals surface area contributed by atoms with Gasteiger partial charge in [-0.3, -0.25) is 4.79 Å². The first-order valence-electron chi connectivity index (χ1n) is 5.76. The summed E-state index contributed by atoms with van der Waals surface area (Å²) in [5.41, 5.74) is 1.05. The molecule has 0 radical (unpaired) electrons. The van der Waals surface area contributed by atoms with Crippen LogP contribution in [0, 0.1) is 11.3 Å². The first kappa shape index (κ1) is 10.9. The van der Waals surface area contributed by atoms with Gasteiger partial charge >= 0.3 is 0 Å². The van der Waals surface area contributed by atoms with Crippen molar-refractivity contribution in [2.75, 3.05) is 7.11 Å². The van der Waals surface area contributed by atoms with Crippen molar-refractivity contribution in [1.29, 1.82) is 0 Å². The van der Waals surface area contributed by atoms with Gasteiger partial charge in [0.1, 0.15) is 5.75 Å². The number of hydrogen-bond donors (Lipinski definition) is 1. The molecule has 3 rings (SSSR count). The SMILES string of the molecule is COc1cc(CNC(=O)C23CC2C3)ccc1Cl. The molecule has 0 bridgehead atoms. The van der Waals surface area contributed by atoms with E-state index in [0.717, 1.165) is 18.4 Å². The van der Waals surface area contributed by atoms with Crippen LogP contribution in [0.2, 0.25) is 5.02 Å². The molecule has 0 atom stereocenters. The van der Waals surface area contributed by atoms with Crippen molar-refractivity contribution in [3.05, 3.63) is 28.8 Å². The van der Waals surface area contributed by atoms with Gasteiger partial charge in [-0.05, 0) is 36.5 Å². The van der Waals surface area contributed by atoms with E-state index < -0.39 is 0 Å². The summed E-state index contributed by atoms with van der Waals surface area (Å²) in [6.07, 6.45) is 2.17. The number of benzene rings is 1. The van der Waals surface area contributed by atoms with Gasteiger partial charge < -0.3 is 10.1 Å². The van der Waals surface area contributed by atoms with Gasteiger partial charge in [-0.1, -0.05) is 17.7 Å². The smallest absolute Gasteiger partial charge is 0.226 e. The van der Waals surface area contributed by atoms with Crippen LogP contribution in [-0.2, 0) is 11.3 Å². The summed E-state index contributed by atoms with van der Waals surface area (Å²) < 4.78 is 5.14. The lowest BCUT2D eigenvalue weighted by Crippen LogP contribution is -2.27. The predicted octanol–water partition coefficient (Wildman–Crippen LogP) is 2.37. The Kier molecular flexibility index (Phi) is 2.33. The zero-order valence-corrected chi connectivity index (χ0v) is 10.4. The molecule has 4 heteroatoms. The van der Waals surface area contributed by atoms with Crippen LogP contribution in [0.1, 0.15) is 18.4 Å². The molecule has 0 heterocycles. The minimum Gasteiger partial charge on any atom is -0.495 e. The zero-order chi connectivity index (χ0) is 12.0. The summed E-state index contributed by atoms with van der Waals surface area (Å²) in [4.78, 5) is 11.8. The number of carbonyl (C=O) groups is 1. The van der Waals surface area contributed by atoms with E-state index >= 15 is 0 Å². The second kappa shape index (κ2) is 3.64. The maximum absolute atomic E-state index is 11.8. The van der Waals surface area contributed by atoms with Gasteiger partial charge in [0.2, 0.25) is 5.91 Å². The number of ether oxygens (including phenoxy) is 1. The molecule has 0 saturated heterocycles. The summed E-state index contributed by atoms with van der Waals surface area (Å²) in [5, 5.41) is 3.56. The van der Waals surface area contributed by atoms with Crippen molar-refractivity contribution in [1.82, 2.24) is 5.32 Å². The van der Waals surface area contributed by atoms with Crippen LogP contribution in [-0.4, -0.2) is 13.0 Å². The molecule has 0 spiro atoms. The Labute approximate surface area is 105 Å². The second-order valence-corrected chi connectivity index (χ2v) is 5.32. The summed E-state index contributed by atoms with van der Waals surface area (Å²) >= 11 is 5.94. The van der Waals surface area contributed by atoms with E-state index in [4.69, 9.17) is 16.3 Å². The molecule has 2 aliphatic carbocycles. The van der Waals surface area contributed by atoms with Gasteiger partial charge in [-0.25, -0.2) is 0 Å². The van der Waals surface area contributed by atoms with Crippen molar-refractivity contribution in [3.63, 3.8) is 0 Å². The molecule has 1 aromatic rings. The number of rotatable bonds is 4. The largest absolute Gasteiger partial charge is 0.495 e. The molecule has 2 fully saturated rings. The Morgan fingerprint density at radius 1 is 1.59 bits per heavy atom. The Hall–Kier alpha value is -1.22. The van der Waals surface area contributed by atoms with E-state index in [1.54, 1.807) is 13.2 Å². The second-order valence-electron chi connectivity index (χ2n) is 4.91. The fraction of sp³-hybridized carbons (Fsp3) is 0.462. The molecule has 0 aromatic heterocycles. The maximum atomic E-state index is 11.8. The molecular weight excluding hydrogens is 238 g/mol. The van der Waals surface area contributed by atoms with E-state index in [1.807, 2.05) is 12.1 Å². The highest BCUT2D eigenvalue weighted by molar-refractivity contribution is 6.32. The Morgan fingerprint density at radius 2 is 2.29 bits per heavy atom. The van der Waals surface area contributed by atoms with Gasteiger partial charge in [0, 0.05) is 6.54 Å². The van der Waals surface area contributed by atoms with Crippen LogP contribution in [0.25, 0.3) is 0 Å². The molecule has 1 amide bonds. The molecule has 90 valence electrons. The van der Waals surface area contributed by atoms with Gasteiger partial charge in [0.25, 0.3) is 0 Å². The van der Waals surface area contributed by atoms with Gasteiger partial charge in [-0.2, -0.15) is 0 Å². The highest BCUT2D eigenvalue weighted by atomic mass is 35.5. The lowest BCUT2D eigenvalue weighted by molar-refractivity contribution is -0.124. The van der Waals surface area contributed by atoms with E-state index in [2.05, 4.69) is 5.32 Å². The minimum absolute atomic E-state index is 0.0382. The van der Waals surface area contributed by atoms with E-state index in [1.165, 1.54) is 0 Å². The third kappa shape index (κ3) is 1.78. The Balaban J connectivity index is 1.62. The quantitative estimate of drug-likeness (QED) is 0.892. The molecule has 2 saturated carbocycles. The van der Waals surface area contributed by atoms with Crippen molar-refractivity contribution < 1.29 is 9.53 Å². The van der Waals surface area contributed by atoms with Crippen molar-refractivity contribution >= 4 is 17.5 Å². The van der Waals surface area contributed by atoms with Crippen molar-refractivity contribution in [2.45, 2.75) is 19.4 Å². The molecular formula is C13H14ClNO2. The van der Waals surface area contributed by atoms with Crippen LogP contribution in [0.4, 0.5) is 0 Å². The topological polar surface area (TPSA) is 38.3 Å². The first-order valence-corrected chi connectivity index (χ1v) is 6.14. The van der Waals surface area contributed by atoms with Gasteiger partial charge in [0.05, 0.1) is 17.5 Å². The number of amides is 1. The maximum Gasteiger partial charge on any atom is 0.226 e. The lowest BCUT2D eigenvalue weighted by Gasteiger charge is -2.09. The van der Waals surface area contributed by atoms with Crippen LogP contribution in [0.3, 0.4) is 0 Å². The van der Waals surface area contributed by atoms with Crippen LogP contribution in [0.5, 0.6) is 5.75 Å². The Morgan fingerprint density at radius 3 is 2.88 bits per heavy atom. The van der Waals surface area contributed by atoms with Crippen molar-refractivity contribution in [2.24, 2.45) is 11.3 Å². The molecule has 3 nitrogen and oxygen atoms in total. The third-order valence-corrected chi connectivity index (χ3v) is 4.12. The fourth-order valence-corrected chi connectivity index (χ4v) is 2.44. The monoisotopic (exact) mass is 251 g/mol. The number of fused-ring (bicyclic) bond motifs is 1. The van der Waals surface area contributed by atoms with Gasteiger partial charge in [-0.15, -0.1) is 0 Å². The highest BCUT2D eigenvalue weighted by Gasteiger charge is 2.74. The van der Waals surface area contributed by atoms with Gasteiger partial charge in [0.15, 0.2) is 0 Å². The predicted molar refractivity (Wildman–Crippen MR) is 65.0 cm³/mol. The number of hydrogen-bond acceptors (Lipinski definition) is 2. The standard InChI is InChI=1S/C13H14ClNO2/c1-17-11-4-8(2-3-10(11)14)7-15-12(16)13-5-9(13)6-13/h2-4,9H,5-7H2,1H3,(H,15,16). The molecule has 1 aromatic carbocycles. The summed E-state index contributed by atoms with van der Waals surface area (Å²) in [7, 11) is 1.58. The summed E-state index contributed by atoms with van der Waals surface area (Å²) in [6, 6.07) is 5.55. The minimum atomic E-state index is 0.0382. The number of methoxy groups -OCH3 is 1. The Bertz CT molecular complexity index is 480. The van der Waals surface area contributed by atoms with E-state index in [-0.39, 0.29) is 11.3 Å². The molecule has 0 unspecified atom stereocenters. The molecule has 17 heavy (non-hydrogen) atoms. The number of carbonyl (C=O) groups excluding carboxylic acids is 1. The highest BCUT2D eigenvalue weighted by Crippen LogP contribution is 2.75. The lowest BCUT2D eigenvalue weighted by atomic mass is 10.2. The third-order valence-electron chi connectivity index (χ3n) is 3.80. The molecule has 1 N–H and O–H groups in total. The van der Waals surface area contributed by atoms with Crippen molar-refractivity contribution in [3.8, 4) is 5.75 Å². The van der Waals surface area contributed by atoms with Crippen LogP contribution < -0.4 is 10.1 Å². The van der Waals surface area contributed by atoms with Crippen LogP contribution in [0.15, 0.2) is 18.2 Å². The molecule has 0 aliphatic heterocycles. The normalized spacial score (nSPS) is 28.2. The fourth-order valence-electron chi connectivity index (χ4n) is 2.25. The first-order chi connectivity index (χ1) is 8.15. The zero-order valence-electron chi connectivity index (χ0n) is 9.63. The van der Waals surface area contributed by atoms with E-state index in [9.17, 15) is 4.79 Å².